The molecule has 17 heavy (non-hydrogen) atoms. The van der Waals surface area contributed by atoms with Crippen molar-refractivity contribution in [1.29, 1.82) is 0 Å². The number of amides is 1. The average Bonchev–Trinajstić information content (AvgIpc) is 2.29. The van der Waals surface area contributed by atoms with Gasteiger partial charge in [0.1, 0.15) is 0 Å². The van der Waals surface area contributed by atoms with Crippen LogP contribution in [0.25, 0.3) is 0 Å². The number of rotatable bonds is 1. The number of piperazine rings is 1. The van der Waals surface area contributed by atoms with E-state index in [9.17, 15) is 4.79 Å². The van der Waals surface area contributed by atoms with Crippen molar-refractivity contribution < 1.29 is 4.79 Å². The summed E-state index contributed by atoms with van der Waals surface area (Å²) < 4.78 is 0. The Hall–Kier alpha value is -0.840. The molecule has 0 aliphatic carbocycles. The van der Waals surface area contributed by atoms with Gasteiger partial charge in [0.05, 0.1) is 0 Å². The summed E-state index contributed by atoms with van der Waals surface area (Å²) in [6, 6.07) is 3.90. The number of nitrogens with zero attached hydrogens (tertiary/aromatic N) is 2. The van der Waals surface area contributed by atoms with Crippen molar-refractivity contribution in [2.45, 2.75) is 13.0 Å². The molecule has 6 heteroatoms. The summed E-state index contributed by atoms with van der Waals surface area (Å²) in [6.07, 6.45) is 3.30. The first-order valence-electron chi connectivity index (χ1n) is 5.20. The summed E-state index contributed by atoms with van der Waals surface area (Å²) in [5.74, 6) is 0.103. The molecular weight excluding hydrogens is 261 g/mol. The van der Waals surface area contributed by atoms with Crippen molar-refractivity contribution in [2.24, 2.45) is 0 Å². The van der Waals surface area contributed by atoms with E-state index in [1.165, 1.54) is 0 Å². The number of hydrogen-bond donors (Lipinski definition) is 1. The highest BCUT2D eigenvalue weighted by Gasteiger charge is 2.21. The number of aromatic nitrogens is 1. The number of hydrogen-bond acceptors (Lipinski definition) is 3. The van der Waals surface area contributed by atoms with Gasteiger partial charge in [-0.1, -0.05) is 0 Å². The third-order valence-corrected chi connectivity index (χ3v) is 2.58. The number of carbonyl (C=O) groups excluding carboxylic acids is 1. The summed E-state index contributed by atoms with van der Waals surface area (Å²) in [5, 5.41) is 3.31. The first-order valence-corrected chi connectivity index (χ1v) is 5.20. The molecule has 1 amide bonds. The van der Waals surface area contributed by atoms with Crippen LogP contribution in [0.4, 0.5) is 0 Å². The van der Waals surface area contributed by atoms with Gasteiger partial charge in [0.25, 0.3) is 5.91 Å². The quantitative estimate of drug-likeness (QED) is 0.843. The smallest absolute Gasteiger partial charge is 0.254 e. The van der Waals surface area contributed by atoms with E-state index in [0.717, 1.165) is 25.2 Å². The van der Waals surface area contributed by atoms with Crippen LogP contribution < -0.4 is 5.32 Å². The van der Waals surface area contributed by atoms with E-state index in [2.05, 4.69) is 17.2 Å². The minimum absolute atomic E-state index is 0. The molecule has 1 aliphatic rings. The fourth-order valence-corrected chi connectivity index (χ4v) is 1.79. The predicted octanol–water partition coefficient (Wildman–Crippen LogP) is 1.36. The topological polar surface area (TPSA) is 45.2 Å². The van der Waals surface area contributed by atoms with Crippen LogP contribution in [-0.4, -0.2) is 41.5 Å². The number of halogens is 2. The van der Waals surface area contributed by atoms with Gasteiger partial charge in [0.15, 0.2) is 0 Å². The summed E-state index contributed by atoms with van der Waals surface area (Å²) in [4.78, 5) is 17.8. The Kier molecular flexibility index (Phi) is 7.11. The van der Waals surface area contributed by atoms with Gasteiger partial charge in [-0.05, 0) is 19.1 Å². The monoisotopic (exact) mass is 277 g/mol. The van der Waals surface area contributed by atoms with Crippen molar-refractivity contribution in [3.05, 3.63) is 30.1 Å². The largest absolute Gasteiger partial charge is 0.336 e. The second kappa shape index (κ2) is 7.48. The van der Waals surface area contributed by atoms with Crippen molar-refractivity contribution in [1.82, 2.24) is 15.2 Å². The first kappa shape index (κ1) is 16.2. The molecular formula is C11H17Cl2N3O. The van der Waals surface area contributed by atoms with Gasteiger partial charge in [-0.3, -0.25) is 9.78 Å². The second-order valence-corrected chi connectivity index (χ2v) is 3.84. The van der Waals surface area contributed by atoms with Crippen LogP contribution in [0.3, 0.4) is 0 Å². The van der Waals surface area contributed by atoms with Crippen molar-refractivity contribution in [3.8, 4) is 0 Å². The highest BCUT2D eigenvalue weighted by atomic mass is 35.5. The Morgan fingerprint density at radius 1 is 1.41 bits per heavy atom. The van der Waals surface area contributed by atoms with Crippen LogP contribution in [0.5, 0.6) is 0 Å². The van der Waals surface area contributed by atoms with Gasteiger partial charge in [-0.15, -0.1) is 24.8 Å². The number of nitrogens with one attached hydrogen (secondary N) is 1. The lowest BCUT2D eigenvalue weighted by molar-refractivity contribution is 0.0709. The van der Waals surface area contributed by atoms with Gasteiger partial charge >= 0.3 is 0 Å². The minimum Gasteiger partial charge on any atom is -0.336 e. The zero-order valence-corrected chi connectivity index (χ0v) is 11.3. The van der Waals surface area contributed by atoms with Crippen molar-refractivity contribution in [3.63, 3.8) is 0 Å². The lowest BCUT2D eigenvalue weighted by Crippen LogP contribution is -2.51. The molecule has 0 spiro atoms. The van der Waals surface area contributed by atoms with Crippen LogP contribution in [0, 0.1) is 0 Å². The molecule has 2 rings (SSSR count). The van der Waals surface area contributed by atoms with Crippen LogP contribution in [0.15, 0.2) is 24.5 Å². The van der Waals surface area contributed by atoms with Crippen LogP contribution in [0.2, 0.25) is 0 Å². The molecule has 1 N–H and O–H groups in total. The van der Waals surface area contributed by atoms with Crippen LogP contribution in [0.1, 0.15) is 17.3 Å². The molecule has 1 aromatic heterocycles. The molecule has 0 bridgehead atoms. The SMILES string of the molecule is C[C@@H]1CN(C(=O)c2ccncc2)CCN1.Cl.Cl. The molecule has 1 fully saturated rings. The van der Waals surface area contributed by atoms with E-state index in [0.29, 0.717) is 6.04 Å². The zero-order valence-electron chi connectivity index (χ0n) is 9.63. The fraction of sp³-hybridized carbons (Fsp3) is 0.455. The zero-order chi connectivity index (χ0) is 10.7. The number of pyridine rings is 1. The standard InChI is InChI=1S/C11H15N3O.2ClH/c1-9-8-14(7-6-13-9)11(15)10-2-4-12-5-3-10;;/h2-5,9,13H,6-8H2,1H3;2*1H/t9-;;/m1../s1. The summed E-state index contributed by atoms with van der Waals surface area (Å²) in [7, 11) is 0. The molecule has 0 aromatic carbocycles. The Labute approximate surface area is 114 Å². The Balaban J connectivity index is 0.00000128. The lowest BCUT2D eigenvalue weighted by atomic mass is 10.2. The first-order chi connectivity index (χ1) is 7.27. The van der Waals surface area contributed by atoms with Gasteiger partial charge in [-0.2, -0.15) is 0 Å². The van der Waals surface area contributed by atoms with E-state index < -0.39 is 0 Å². The van der Waals surface area contributed by atoms with E-state index >= 15 is 0 Å². The Morgan fingerprint density at radius 3 is 2.65 bits per heavy atom. The minimum atomic E-state index is 0. The molecule has 0 saturated carbocycles. The average molecular weight is 278 g/mol. The fourth-order valence-electron chi connectivity index (χ4n) is 1.79. The van der Waals surface area contributed by atoms with Gasteiger partial charge in [0, 0.05) is 43.6 Å². The molecule has 96 valence electrons. The number of carbonyl (C=O) groups is 1. The molecule has 0 radical (unpaired) electrons. The van der Waals surface area contributed by atoms with Gasteiger partial charge < -0.3 is 10.2 Å². The third-order valence-electron chi connectivity index (χ3n) is 2.58. The van der Waals surface area contributed by atoms with Crippen molar-refractivity contribution >= 4 is 30.7 Å². The van der Waals surface area contributed by atoms with E-state index in [4.69, 9.17) is 0 Å². The van der Waals surface area contributed by atoms with Gasteiger partial charge in [0.2, 0.25) is 0 Å². The Bertz CT molecular complexity index is 348. The molecule has 1 aromatic rings. The van der Waals surface area contributed by atoms with Crippen molar-refractivity contribution in [2.75, 3.05) is 19.6 Å². The maximum Gasteiger partial charge on any atom is 0.254 e. The molecule has 1 saturated heterocycles. The highest BCUT2D eigenvalue weighted by Crippen LogP contribution is 2.06. The van der Waals surface area contributed by atoms with Crippen LogP contribution in [-0.2, 0) is 0 Å². The normalized spacial score (nSPS) is 18.9. The molecule has 1 atom stereocenters. The van der Waals surface area contributed by atoms with E-state index in [-0.39, 0.29) is 30.7 Å². The lowest BCUT2D eigenvalue weighted by Gasteiger charge is -2.31. The molecule has 2 heterocycles. The maximum absolute atomic E-state index is 12.0. The van der Waals surface area contributed by atoms with E-state index in [1.54, 1.807) is 24.5 Å². The third kappa shape index (κ3) is 4.15. The summed E-state index contributed by atoms with van der Waals surface area (Å²) >= 11 is 0. The molecule has 0 unspecified atom stereocenters. The maximum atomic E-state index is 12.0. The Morgan fingerprint density at radius 2 is 2.06 bits per heavy atom. The van der Waals surface area contributed by atoms with E-state index in [1.807, 2.05) is 4.90 Å². The molecule has 1 aliphatic heterocycles. The van der Waals surface area contributed by atoms with Crippen LogP contribution >= 0.6 is 24.8 Å². The molecule has 4 nitrogen and oxygen atoms in total. The second-order valence-electron chi connectivity index (χ2n) is 3.84. The summed E-state index contributed by atoms with van der Waals surface area (Å²) in [5.41, 5.74) is 0.721. The highest BCUT2D eigenvalue weighted by molar-refractivity contribution is 5.94. The van der Waals surface area contributed by atoms with Gasteiger partial charge in [-0.25, -0.2) is 0 Å². The summed E-state index contributed by atoms with van der Waals surface area (Å²) in [6.45, 7) is 4.52. The predicted molar refractivity (Wildman–Crippen MR) is 72.1 cm³/mol.